The summed E-state index contributed by atoms with van der Waals surface area (Å²) in [5.74, 6) is 0.380. The molecule has 9 heteroatoms. The van der Waals surface area contributed by atoms with E-state index < -0.39 is 12.6 Å². The van der Waals surface area contributed by atoms with Crippen LogP contribution in [0.25, 0.3) is 0 Å². The number of rotatable bonds is 4. The van der Waals surface area contributed by atoms with E-state index in [4.69, 9.17) is 23.2 Å². The molecule has 0 aliphatic carbocycles. The van der Waals surface area contributed by atoms with Crippen molar-refractivity contribution < 1.29 is 13.2 Å². The molecule has 0 unspecified atom stereocenters. The Labute approximate surface area is 154 Å². The van der Waals surface area contributed by atoms with Crippen molar-refractivity contribution >= 4 is 53.1 Å². The molecule has 0 heterocycles. The minimum absolute atomic E-state index is 0. The number of guanidine groups is 1. The maximum atomic E-state index is 12.1. The number of alkyl halides is 3. The number of benzene rings is 1. The zero-order chi connectivity index (χ0) is 16.0. The molecule has 0 fully saturated rings. The van der Waals surface area contributed by atoms with Gasteiger partial charge in [0.15, 0.2) is 5.96 Å². The predicted molar refractivity (Wildman–Crippen MR) is 95.4 cm³/mol. The fourth-order valence-electron chi connectivity index (χ4n) is 1.69. The van der Waals surface area contributed by atoms with Gasteiger partial charge in [-0.2, -0.15) is 13.2 Å². The van der Waals surface area contributed by atoms with E-state index in [2.05, 4.69) is 10.3 Å². The van der Waals surface area contributed by atoms with Crippen LogP contribution >= 0.6 is 47.2 Å². The molecule has 1 rings (SSSR count). The molecule has 0 spiro atoms. The normalized spacial score (nSPS) is 11.9. The molecule has 0 saturated carbocycles. The zero-order valence-corrected chi connectivity index (χ0v) is 15.9. The Balaban J connectivity index is 0.00000441. The van der Waals surface area contributed by atoms with Crippen LogP contribution in [0.15, 0.2) is 23.2 Å². The van der Waals surface area contributed by atoms with Crippen molar-refractivity contribution in [2.75, 3.05) is 20.6 Å². The van der Waals surface area contributed by atoms with Crippen molar-refractivity contribution in [3.63, 3.8) is 0 Å². The Kier molecular flexibility index (Phi) is 9.49. The third-order valence-electron chi connectivity index (χ3n) is 2.67. The Morgan fingerprint density at radius 2 is 1.91 bits per heavy atom. The highest BCUT2D eigenvalue weighted by Gasteiger charge is 2.26. The van der Waals surface area contributed by atoms with Crippen LogP contribution < -0.4 is 5.32 Å². The SMILES string of the molecule is CN=C(NCCC(F)(F)F)N(C)Cc1ccc(Cl)c(Cl)c1.I. The number of hydrogen-bond acceptors (Lipinski definition) is 1. The van der Waals surface area contributed by atoms with E-state index in [1.165, 1.54) is 7.05 Å². The third-order valence-corrected chi connectivity index (χ3v) is 3.41. The molecule has 3 nitrogen and oxygen atoms in total. The number of nitrogens with zero attached hydrogens (tertiary/aromatic N) is 2. The number of halogens is 6. The summed E-state index contributed by atoms with van der Waals surface area (Å²) in [7, 11) is 3.24. The van der Waals surface area contributed by atoms with Crippen molar-refractivity contribution in [1.82, 2.24) is 10.2 Å². The van der Waals surface area contributed by atoms with Gasteiger partial charge in [-0.25, -0.2) is 0 Å². The summed E-state index contributed by atoms with van der Waals surface area (Å²) in [6, 6.07) is 5.18. The maximum Gasteiger partial charge on any atom is 0.390 e. The van der Waals surface area contributed by atoms with E-state index in [1.54, 1.807) is 30.1 Å². The molecule has 0 aliphatic heterocycles. The molecule has 1 N–H and O–H groups in total. The van der Waals surface area contributed by atoms with Crippen molar-refractivity contribution in [1.29, 1.82) is 0 Å². The predicted octanol–water partition coefficient (Wildman–Crippen LogP) is 4.57. The van der Waals surface area contributed by atoms with E-state index in [0.717, 1.165) is 5.56 Å². The fraction of sp³-hybridized carbons (Fsp3) is 0.462. The lowest BCUT2D eigenvalue weighted by Crippen LogP contribution is -2.39. The smallest absolute Gasteiger partial charge is 0.356 e. The molecule has 0 radical (unpaired) electrons. The summed E-state index contributed by atoms with van der Waals surface area (Å²) < 4.78 is 36.4. The van der Waals surface area contributed by atoms with Gasteiger partial charge in [0.2, 0.25) is 0 Å². The van der Waals surface area contributed by atoms with Crippen LogP contribution in [0, 0.1) is 0 Å². The van der Waals surface area contributed by atoms with Gasteiger partial charge < -0.3 is 10.2 Å². The van der Waals surface area contributed by atoms with Gasteiger partial charge >= 0.3 is 6.18 Å². The summed E-state index contributed by atoms with van der Waals surface area (Å²) in [6.45, 7) is 0.227. The lowest BCUT2D eigenvalue weighted by Gasteiger charge is -2.22. The van der Waals surface area contributed by atoms with Crippen LogP contribution in [0.2, 0.25) is 10.0 Å². The highest BCUT2D eigenvalue weighted by molar-refractivity contribution is 14.0. The minimum atomic E-state index is -4.19. The molecule has 22 heavy (non-hydrogen) atoms. The number of hydrogen-bond donors (Lipinski definition) is 1. The monoisotopic (exact) mass is 469 g/mol. The number of aliphatic imine (C=N–C) groups is 1. The molecule has 126 valence electrons. The van der Waals surface area contributed by atoms with Crippen molar-refractivity contribution in [3.8, 4) is 0 Å². The quantitative estimate of drug-likeness (QED) is 0.397. The molecule has 1 aromatic carbocycles. The minimum Gasteiger partial charge on any atom is -0.356 e. The molecular formula is C13H17Cl2F3IN3. The number of nitrogens with one attached hydrogen (secondary N) is 1. The van der Waals surface area contributed by atoms with Crippen LogP contribution in [0.5, 0.6) is 0 Å². The van der Waals surface area contributed by atoms with Crippen molar-refractivity contribution in [3.05, 3.63) is 33.8 Å². The average molecular weight is 470 g/mol. The first-order valence-electron chi connectivity index (χ1n) is 6.15. The van der Waals surface area contributed by atoms with Crippen LogP contribution in [0.4, 0.5) is 13.2 Å². The van der Waals surface area contributed by atoms with E-state index in [0.29, 0.717) is 22.5 Å². The molecule has 0 atom stereocenters. The molecule has 0 aliphatic rings. The molecule has 1 aromatic rings. The van der Waals surface area contributed by atoms with Gasteiger partial charge in [-0.1, -0.05) is 29.3 Å². The molecular weight excluding hydrogens is 453 g/mol. The van der Waals surface area contributed by atoms with E-state index >= 15 is 0 Å². The molecule has 0 bridgehead atoms. The fourth-order valence-corrected chi connectivity index (χ4v) is 2.01. The van der Waals surface area contributed by atoms with E-state index in [-0.39, 0.29) is 30.5 Å². The van der Waals surface area contributed by atoms with Crippen LogP contribution in [0.1, 0.15) is 12.0 Å². The van der Waals surface area contributed by atoms with Gasteiger partial charge in [0.25, 0.3) is 0 Å². The summed E-state index contributed by atoms with van der Waals surface area (Å²) in [6.07, 6.45) is -5.10. The van der Waals surface area contributed by atoms with Crippen LogP contribution in [0.3, 0.4) is 0 Å². The molecule has 0 aromatic heterocycles. The summed E-state index contributed by atoms with van der Waals surface area (Å²) in [4.78, 5) is 5.65. The lowest BCUT2D eigenvalue weighted by molar-refractivity contribution is -0.132. The average Bonchev–Trinajstić information content (AvgIpc) is 2.37. The Bertz CT molecular complexity index is 510. The topological polar surface area (TPSA) is 27.6 Å². The largest absolute Gasteiger partial charge is 0.390 e. The third kappa shape index (κ3) is 7.73. The van der Waals surface area contributed by atoms with Gasteiger partial charge in [0.1, 0.15) is 0 Å². The second kappa shape index (κ2) is 9.67. The van der Waals surface area contributed by atoms with E-state index in [9.17, 15) is 13.2 Å². The highest BCUT2D eigenvalue weighted by atomic mass is 127. The van der Waals surface area contributed by atoms with Crippen LogP contribution in [-0.4, -0.2) is 37.7 Å². The second-order valence-electron chi connectivity index (χ2n) is 4.44. The van der Waals surface area contributed by atoms with Gasteiger partial charge in [-0.05, 0) is 17.7 Å². The Morgan fingerprint density at radius 3 is 2.41 bits per heavy atom. The standard InChI is InChI=1S/C13H16Cl2F3N3.HI/c1-19-12(20-6-5-13(16,17)18)21(2)8-9-3-4-10(14)11(15)7-9;/h3-4,7H,5-6,8H2,1-2H3,(H,19,20);1H. The Morgan fingerprint density at radius 1 is 1.27 bits per heavy atom. The van der Waals surface area contributed by atoms with Crippen molar-refractivity contribution in [2.45, 2.75) is 19.1 Å². The van der Waals surface area contributed by atoms with Crippen molar-refractivity contribution in [2.24, 2.45) is 4.99 Å². The first kappa shape index (κ1) is 21.6. The first-order valence-corrected chi connectivity index (χ1v) is 6.91. The molecule has 0 amide bonds. The Hall–Kier alpha value is -0.410. The van der Waals surface area contributed by atoms with Gasteiger partial charge in [0, 0.05) is 27.2 Å². The van der Waals surface area contributed by atoms with Crippen LogP contribution in [-0.2, 0) is 6.54 Å². The van der Waals surface area contributed by atoms with Gasteiger partial charge in [0.05, 0.1) is 16.5 Å². The van der Waals surface area contributed by atoms with E-state index in [1.807, 2.05) is 0 Å². The summed E-state index contributed by atoms with van der Waals surface area (Å²) in [5, 5.41) is 3.56. The zero-order valence-electron chi connectivity index (χ0n) is 12.0. The first-order chi connectivity index (χ1) is 9.73. The summed E-state index contributed by atoms with van der Waals surface area (Å²) in [5.41, 5.74) is 0.880. The second-order valence-corrected chi connectivity index (χ2v) is 5.26. The van der Waals surface area contributed by atoms with Gasteiger partial charge in [-0.3, -0.25) is 4.99 Å². The van der Waals surface area contributed by atoms with Gasteiger partial charge in [-0.15, -0.1) is 24.0 Å². The highest BCUT2D eigenvalue weighted by Crippen LogP contribution is 2.23. The lowest BCUT2D eigenvalue weighted by atomic mass is 10.2. The summed E-state index contributed by atoms with van der Waals surface area (Å²) >= 11 is 11.8. The molecule has 0 saturated heterocycles. The maximum absolute atomic E-state index is 12.1.